The SMILES string of the molecule is COc1cccc(-c2nnc(S[C@@H](C)C(=O)Nc3nc(C)c(C)s3)n2C)c1. The normalized spacial score (nSPS) is 12.0. The van der Waals surface area contributed by atoms with Gasteiger partial charge in [0.1, 0.15) is 5.75 Å². The van der Waals surface area contributed by atoms with Gasteiger partial charge in [-0.05, 0) is 32.9 Å². The van der Waals surface area contributed by atoms with Crippen LogP contribution in [0.1, 0.15) is 17.5 Å². The number of aryl methyl sites for hydroxylation is 2. The molecule has 0 radical (unpaired) electrons. The Morgan fingerprint density at radius 2 is 2.11 bits per heavy atom. The van der Waals surface area contributed by atoms with Crippen molar-refractivity contribution in [3.63, 3.8) is 0 Å². The van der Waals surface area contributed by atoms with E-state index in [1.807, 2.05) is 56.7 Å². The first-order valence-electron chi connectivity index (χ1n) is 8.34. The molecule has 0 unspecified atom stereocenters. The smallest absolute Gasteiger partial charge is 0.239 e. The molecule has 1 aromatic carbocycles. The van der Waals surface area contributed by atoms with E-state index < -0.39 is 0 Å². The number of thiazole rings is 1. The third-order valence-corrected chi connectivity index (χ3v) is 6.20. The third kappa shape index (κ3) is 4.30. The summed E-state index contributed by atoms with van der Waals surface area (Å²) in [5.74, 6) is 1.36. The largest absolute Gasteiger partial charge is 0.497 e. The van der Waals surface area contributed by atoms with Crippen LogP contribution in [0.4, 0.5) is 5.13 Å². The van der Waals surface area contributed by atoms with Gasteiger partial charge in [-0.3, -0.25) is 4.79 Å². The quantitative estimate of drug-likeness (QED) is 0.632. The van der Waals surface area contributed by atoms with Crippen LogP contribution in [0.2, 0.25) is 0 Å². The van der Waals surface area contributed by atoms with E-state index in [-0.39, 0.29) is 11.2 Å². The fraction of sp³-hybridized carbons (Fsp3) is 0.333. The second-order valence-corrected chi connectivity index (χ2v) is 8.52. The Kier molecular flexibility index (Phi) is 5.81. The fourth-order valence-electron chi connectivity index (χ4n) is 2.38. The van der Waals surface area contributed by atoms with Gasteiger partial charge in [-0.25, -0.2) is 4.98 Å². The number of carbonyl (C=O) groups excluding carboxylic acids is 1. The first-order valence-corrected chi connectivity index (χ1v) is 10.0. The van der Waals surface area contributed by atoms with E-state index in [1.165, 1.54) is 23.1 Å². The van der Waals surface area contributed by atoms with Crippen molar-refractivity contribution in [1.82, 2.24) is 19.7 Å². The van der Waals surface area contributed by atoms with Crippen LogP contribution < -0.4 is 10.1 Å². The summed E-state index contributed by atoms with van der Waals surface area (Å²) in [6, 6.07) is 7.64. The van der Waals surface area contributed by atoms with Crippen molar-refractivity contribution in [1.29, 1.82) is 0 Å². The Labute approximate surface area is 166 Å². The van der Waals surface area contributed by atoms with Gasteiger partial charge in [0.05, 0.1) is 18.1 Å². The molecule has 9 heteroatoms. The summed E-state index contributed by atoms with van der Waals surface area (Å²) in [4.78, 5) is 17.9. The predicted molar refractivity (Wildman–Crippen MR) is 109 cm³/mol. The first kappa shape index (κ1) is 19.4. The number of nitrogens with zero attached hydrogens (tertiary/aromatic N) is 4. The monoisotopic (exact) mass is 403 g/mol. The zero-order valence-corrected chi connectivity index (χ0v) is 17.4. The maximum Gasteiger partial charge on any atom is 0.239 e. The summed E-state index contributed by atoms with van der Waals surface area (Å²) < 4.78 is 7.14. The molecule has 2 heterocycles. The number of nitrogens with one attached hydrogen (secondary N) is 1. The number of carbonyl (C=O) groups is 1. The molecular formula is C18H21N5O2S2. The summed E-state index contributed by atoms with van der Waals surface area (Å²) in [6.45, 7) is 5.76. The zero-order valence-electron chi connectivity index (χ0n) is 15.8. The number of ether oxygens (including phenoxy) is 1. The molecule has 0 aliphatic heterocycles. The van der Waals surface area contributed by atoms with E-state index in [2.05, 4.69) is 20.5 Å². The van der Waals surface area contributed by atoms with E-state index in [0.717, 1.165) is 27.7 Å². The van der Waals surface area contributed by atoms with E-state index in [9.17, 15) is 4.79 Å². The number of thioether (sulfide) groups is 1. The highest BCUT2D eigenvalue weighted by atomic mass is 32.2. The molecule has 1 atom stereocenters. The van der Waals surface area contributed by atoms with Crippen LogP contribution in [0.5, 0.6) is 5.75 Å². The molecule has 0 spiro atoms. The minimum atomic E-state index is -0.337. The molecule has 7 nitrogen and oxygen atoms in total. The van der Waals surface area contributed by atoms with Crippen LogP contribution >= 0.6 is 23.1 Å². The van der Waals surface area contributed by atoms with Crippen LogP contribution in [0.3, 0.4) is 0 Å². The van der Waals surface area contributed by atoms with Gasteiger partial charge in [0.15, 0.2) is 16.1 Å². The number of amides is 1. The van der Waals surface area contributed by atoms with Gasteiger partial charge in [0.25, 0.3) is 0 Å². The highest BCUT2D eigenvalue weighted by molar-refractivity contribution is 8.00. The third-order valence-electron chi connectivity index (χ3n) is 4.07. The van der Waals surface area contributed by atoms with Crippen LogP contribution in [0, 0.1) is 13.8 Å². The lowest BCUT2D eigenvalue weighted by Crippen LogP contribution is -2.22. The number of benzene rings is 1. The molecular weight excluding hydrogens is 382 g/mol. The minimum Gasteiger partial charge on any atom is -0.497 e. The Balaban J connectivity index is 1.71. The highest BCUT2D eigenvalue weighted by Crippen LogP contribution is 2.28. The molecule has 0 fully saturated rings. The molecule has 27 heavy (non-hydrogen) atoms. The van der Waals surface area contributed by atoms with E-state index in [0.29, 0.717) is 10.3 Å². The number of hydrogen-bond donors (Lipinski definition) is 1. The topological polar surface area (TPSA) is 81.9 Å². The lowest BCUT2D eigenvalue weighted by Gasteiger charge is -2.10. The van der Waals surface area contributed by atoms with Gasteiger partial charge in [-0.2, -0.15) is 0 Å². The van der Waals surface area contributed by atoms with Gasteiger partial charge < -0.3 is 14.6 Å². The Morgan fingerprint density at radius 3 is 2.78 bits per heavy atom. The van der Waals surface area contributed by atoms with Crippen molar-refractivity contribution in [3.05, 3.63) is 34.8 Å². The van der Waals surface area contributed by atoms with E-state index in [4.69, 9.17) is 4.74 Å². The second kappa shape index (κ2) is 8.10. The molecule has 0 saturated heterocycles. The molecule has 0 aliphatic carbocycles. The Morgan fingerprint density at radius 1 is 1.33 bits per heavy atom. The number of hydrogen-bond acceptors (Lipinski definition) is 7. The van der Waals surface area contributed by atoms with Crippen LogP contribution in [0.25, 0.3) is 11.4 Å². The van der Waals surface area contributed by atoms with E-state index in [1.54, 1.807) is 7.11 Å². The summed E-state index contributed by atoms with van der Waals surface area (Å²) in [5, 5.41) is 12.3. The van der Waals surface area contributed by atoms with Crippen LogP contribution in [-0.2, 0) is 11.8 Å². The summed E-state index contributed by atoms with van der Waals surface area (Å²) in [7, 11) is 3.51. The summed E-state index contributed by atoms with van der Waals surface area (Å²) in [6.07, 6.45) is 0. The average Bonchev–Trinajstić information content (AvgIpc) is 3.17. The average molecular weight is 404 g/mol. The number of aromatic nitrogens is 4. The molecule has 3 rings (SSSR count). The molecule has 0 saturated carbocycles. The fourth-order valence-corrected chi connectivity index (χ4v) is 4.01. The van der Waals surface area contributed by atoms with Gasteiger partial charge in [-0.1, -0.05) is 23.9 Å². The van der Waals surface area contributed by atoms with Crippen LogP contribution in [0.15, 0.2) is 29.4 Å². The predicted octanol–water partition coefficient (Wildman–Crippen LogP) is 3.68. The van der Waals surface area contributed by atoms with Crippen molar-refractivity contribution in [2.75, 3.05) is 12.4 Å². The second-order valence-electron chi connectivity index (χ2n) is 6.01. The van der Waals surface area contributed by atoms with Gasteiger partial charge in [0.2, 0.25) is 5.91 Å². The van der Waals surface area contributed by atoms with Crippen molar-refractivity contribution in [2.45, 2.75) is 31.2 Å². The number of methoxy groups -OCH3 is 1. The number of anilines is 1. The Bertz CT molecular complexity index is 947. The molecule has 1 N–H and O–H groups in total. The maximum absolute atomic E-state index is 12.5. The molecule has 1 amide bonds. The van der Waals surface area contributed by atoms with E-state index >= 15 is 0 Å². The standard InChI is InChI=1S/C18H21N5O2S2/c1-10-11(2)26-17(19-10)20-16(24)12(3)27-18-22-21-15(23(18)4)13-7-6-8-14(9-13)25-5/h6-9,12H,1-5H3,(H,19,20,24)/t12-/m0/s1. The lowest BCUT2D eigenvalue weighted by atomic mass is 10.2. The number of rotatable bonds is 6. The summed E-state index contributed by atoms with van der Waals surface area (Å²) >= 11 is 2.83. The van der Waals surface area contributed by atoms with Crippen molar-refractivity contribution in [3.8, 4) is 17.1 Å². The summed E-state index contributed by atoms with van der Waals surface area (Å²) in [5.41, 5.74) is 1.84. The van der Waals surface area contributed by atoms with Crippen molar-refractivity contribution >= 4 is 34.1 Å². The van der Waals surface area contributed by atoms with Gasteiger partial charge in [0, 0.05) is 17.5 Å². The van der Waals surface area contributed by atoms with Crippen molar-refractivity contribution in [2.24, 2.45) is 7.05 Å². The molecule has 3 aromatic rings. The molecule has 0 aliphatic rings. The highest BCUT2D eigenvalue weighted by Gasteiger charge is 2.20. The first-order chi connectivity index (χ1) is 12.9. The van der Waals surface area contributed by atoms with Gasteiger partial charge in [-0.15, -0.1) is 21.5 Å². The molecule has 2 aromatic heterocycles. The molecule has 142 valence electrons. The van der Waals surface area contributed by atoms with Gasteiger partial charge >= 0.3 is 0 Å². The lowest BCUT2D eigenvalue weighted by molar-refractivity contribution is -0.115. The maximum atomic E-state index is 12.5. The molecule has 0 bridgehead atoms. The Hall–Kier alpha value is -2.39. The zero-order chi connectivity index (χ0) is 19.6. The van der Waals surface area contributed by atoms with Crippen molar-refractivity contribution < 1.29 is 9.53 Å². The minimum absolute atomic E-state index is 0.111. The van der Waals surface area contributed by atoms with Crippen LogP contribution in [-0.4, -0.2) is 38.0 Å².